The molecule has 0 spiro atoms. The van der Waals surface area contributed by atoms with Crippen molar-refractivity contribution in [3.63, 3.8) is 0 Å². The fourth-order valence-corrected chi connectivity index (χ4v) is 2.90. The van der Waals surface area contributed by atoms with Crippen LogP contribution in [0.2, 0.25) is 5.02 Å². The molecular formula is C18H23ClN2. The minimum atomic E-state index is 0.0418. The lowest BCUT2D eigenvalue weighted by Crippen LogP contribution is -2.37. The van der Waals surface area contributed by atoms with Crippen molar-refractivity contribution in [2.45, 2.75) is 32.5 Å². The van der Waals surface area contributed by atoms with Gasteiger partial charge in [0.2, 0.25) is 0 Å². The topological polar surface area (TPSA) is 29.3 Å². The number of aryl methyl sites for hydroxylation is 1. The second-order valence-electron chi connectivity index (χ2n) is 5.70. The SMILES string of the molecule is Cc1ccccc1CN(C)C(c1ccc(Cl)cc1)C(C)N. The van der Waals surface area contributed by atoms with Crippen LogP contribution in [0.25, 0.3) is 0 Å². The first kappa shape index (κ1) is 16.0. The van der Waals surface area contributed by atoms with Gasteiger partial charge >= 0.3 is 0 Å². The summed E-state index contributed by atoms with van der Waals surface area (Å²) < 4.78 is 0. The maximum Gasteiger partial charge on any atom is 0.0496 e. The van der Waals surface area contributed by atoms with E-state index in [1.807, 2.05) is 19.1 Å². The number of nitrogens with zero attached hydrogens (tertiary/aromatic N) is 1. The van der Waals surface area contributed by atoms with E-state index in [0.717, 1.165) is 11.6 Å². The molecule has 0 aliphatic rings. The molecule has 112 valence electrons. The van der Waals surface area contributed by atoms with Crippen LogP contribution in [0.1, 0.15) is 29.7 Å². The normalized spacial score (nSPS) is 14.2. The molecule has 2 unspecified atom stereocenters. The second kappa shape index (κ2) is 7.08. The standard InChI is InChI=1S/C18H23ClN2/c1-13-6-4-5-7-16(13)12-21(3)18(14(2)20)15-8-10-17(19)11-9-15/h4-11,14,18H,12,20H2,1-3H3. The molecule has 2 rings (SSSR count). The maximum absolute atomic E-state index is 6.22. The highest BCUT2D eigenvalue weighted by Gasteiger charge is 2.21. The lowest BCUT2D eigenvalue weighted by atomic mass is 9.98. The van der Waals surface area contributed by atoms with Crippen molar-refractivity contribution in [1.82, 2.24) is 4.90 Å². The molecule has 3 heteroatoms. The van der Waals surface area contributed by atoms with E-state index in [0.29, 0.717) is 0 Å². The quantitative estimate of drug-likeness (QED) is 0.898. The molecule has 0 fully saturated rings. The molecule has 0 amide bonds. The molecule has 2 nitrogen and oxygen atoms in total. The van der Waals surface area contributed by atoms with Crippen LogP contribution in [0, 0.1) is 6.92 Å². The molecule has 2 atom stereocenters. The predicted octanol–water partition coefficient (Wildman–Crippen LogP) is 4.17. The highest BCUT2D eigenvalue weighted by molar-refractivity contribution is 6.30. The summed E-state index contributed by atoms with van der Waals surface area (Å²) in [5.74, 6) is 0. The van der Waals surface area contributed by atoms with E-state index in [-0.39, 0.29) is 12.1 Å². The first-order valence-electron chi connectivity index (χ1n) is 7.25. The van der Waals surface area contributed by atoms with Crippen molar-refractivity contribution in [3.05, 3.63) is 70.2 Å². The van der Waals surface area contributed by atoms with E-state index >= 15 is 0 Å². The third-order valence-electron chi connectivity index (χ3n) is 3.87. The summed E-state index contributed by atoms with van der Waals surface area (Å²) in [6.07, 6.45) is 0. The predicted molar refractivity (Wildman–Crippen MR) is 90.5 cm³/mol. The summed E-state index contributed by atoms with van der Waals surface area (Å²) >= 11 is 5.98. The van der Waals surface area contributed by atoms with Crippen LogP contribution in [-0.2, 0) is 6.54 Å². The van der Waals surface area contributed by atoms with Gasteiger partial charge in [-0.3, -0.25) is 4.90 Å². The second-order valence-corrected chi connectivity index (χ2v) is 6.13. The van der Waals surface area contributed by atoms with Crippen molar-refractivity contribution < 1.29 is 0 Å². The van der Waals surface area contributed by atoms with E-state index in [4.69, 9.17) is 17.3 Å². The van der Waals surface area contributed by atoms with E-state index in [1.165, 1.54) is 16.7 Å². The summed E-state index contributed by atoms with van der Waals surface area (Å²) in [6.45, 7) is 5.07. The van der Waals surface area contributed by atoms with E-state index in [1.54, 1.807) is 0 Å². The highest BCUT2D eigenvalue weighted by Crippen LogP contribution is 2.25. The van der Waals surface area contributed by atoms with Gasteiger partial charge in [-0.15, -0.1) is 0 Å². The van der Waals surface area contributed by atoms with Crippen molar-refractivity contribution in [1.29, 1.82) is 0 Å². The smallest absolute Gasteiger partial charge is 0.0496 e. The third-order valence-corrected chi connectivity index (χ3v) is 4.12. The lowest BCUT2D eigenvalue weighted by molar-refractivity contribution is 0.210. The van der Waals surface area contributed by atoms with Crippen LogP contribution in [0.5, 0.6) is 0 Å². The fraction of sp³-hybridized carbons (Fsp3) is 0.333. The third kappa shape index (κ3) is 4.07. The summed E-state index contributed by atoms with van der Waals surface area (Å²) in [7, 11) is 2.12. The average molecular weight is 303 g/mol. The van der Waals surface area contributed by atoms with E-state index < -0.39 is 0 Å². The Morgan fingerprint density at radius 1 is 1.10 bits per heavy atom. The summed E-state index contributed by atoms with van der Waals surface area (Å²) in [6, 6.07) is 16.7. The molecule has 0 bridgehead atoms. The van der Waals surface area contributed by atoms with Gasteiger partial charge in [-0.05, 0) is 49.7 Å². The molecule has 0 aliphatic heterocycles. The van der Waals surface area contributed by atoms with Crippen LogP contribution >= 0.6 is 11.6 Å². The minimum Gasteiger partial charge on any atom is -0.326 e. The van der Waals surface area contributed by atoms with Gasteiger partial charge in [0.1, 0.15) is 0 Å². The van der Waals surface area contributed by atoms with Crippen molar-refractivity contribution >= 4 is 11.6 Å². The zero-order valence-corrected chi connectivity index (χ0v) is 13.6. The van der Waals surface area contributed by atoms with Gasteiger partial charge in [-0.25, -0.2) is 0 Å². The largest absolute Gasteiger partial charge is 0.326 e. The monoisotopic (exact) mass is 302 g/mol. The molecule has 2 N–H and O–H groups in total. The zero-order chi connectivity index (χ0) is 15.4. The molecule has 21 heavy (non-hydrogen) atoms. The minimum absolute atomic E-state index is 0.0418. The van der Waals surface area contributed by atoms with Crippen LogP contribution in [0.15, 0.2) is 48.5 Å². The Morgan fingerprint density at radius 2 is 1.71 bits per heavy atom. The van der Waals surface area contributed by atoms with Crippen LogP contribution in [-0.4, -0.2) is 18.0 Å². The van der Waals surface area contributed by atoms with Crippen LogP contribution in [0.3, 0.4) is 0 Å². The lowest BCUT2D eigenvalue weighted by Gasteiger charge is -2.32. The molecule has 0 saturated carbocycles. The van der Waals surface area contributed by atoms with E-state index in [2.05, 4.69) is 55.3 Å². The maximum atomic E-state index is 6.22. The van der Waals surface area contributed by atoms with Gasteiger partial charge in [0.25, 0.3) is 0 Å². The van der Waals surface area contributed by atoms with Crippen LogP contribution in [0.4, 0.5) is 0 Å². The van der Waals surface area contributed by atoms with Gasteiger partial charge in [-0.1, -0.05) is 48.0 Å². The fourth-order valence-electron chi connectivity index (χ4n) is 2.77. The Morgan fingerprint density at radius 3 is 2.29 bits per heavy atom. The van der Waals surface area contributed by atoms with Gasteiger partial charge in [0, 0.05) is 23.7 Å². The molecule has 0 radical (unpaired) electrons. The molecule has 0 aromatic heterocycles. The zero-order valence-electron chi connectivity index (χ0n) is 12.9. The summed E-state index contributed by atoms with van der Waals surface area (Å²) in [5, 5.41) is 0.753. The number of likely N-dealkylation sites (N-methyl/N-ethyl adjacent to an activating group) is 1. The number of halogens is 1. The first-order chi connectivity index (χ1) is 9.99. The Balaban J connectivity index is 2.22. The summed E-state index contributed by atoms with van der Waals surface area (Å²) in [5.41, 5.74) is 10.1. The van der Waals surface area contributed by atoms with Gasteiger partial charge in [0.05, 0.1) is 0 Å². The molecule has 2 aromatic carbocycles. The molecular weight excluding hydrogens is 280 g/mol. The van der Waals surface area contributed by atoms with E-state index in [9.17, 15) is 0 Å². The van der Waals surface area contributed by atoms with Crippen LogP contribution < -0.4 is 5.73 Å². The Bertz CT molecular complexity index is 578. The van der Waals surface area contributed by atoms with Crippen molar-refractivity contribution in [2.24, 2.45) is 5.73 Å². The molecule has 0 saturated heterocycles. The van der Waals surface area contributed by atoms with Crippen molar-refractivity contribution in [2.75, 3.05) is 7.05 Å². The first-order valence-corrected chi connectivity index (χ1v) is 7.62. The molecule has 0 heterocycles. The number of benzene rings is 2. The molecule has 2 aromatic rings. The van der Waals surface area contributed by atoms with Crippen molar-refractivity contribution in [3.8, 4) is 0 Å². The Hall–Kier alpha value is -1.35. The Kier molecular flexibility index (Phi) is 5.40. The number of rotatable bonds is 5. The van der Waals surface area contributed by atoms with Gasteiger partial charge < -0.3 is 5.73 Å². The Labute approximate surface area is 132 Å². The highest BCUT2D eigenvalue weighted by atomic mass is 35.5. The van der Waals surface area contributed by atoms with Gasteiger partial charge in [-0.2, -0.15) is 0 Å². The van der Waals surface area contributed by atoms with Gasteiger partial charge in [0.15, 0.2) is 0 Å². The number of hydrogen-bond acceptors (Lipinski definition) is 2. The number of nitrogens with two attached hydrogens (primary N) is 1. The average Bonchev–Trinajstić information content (AvgIpc) is 2.43. The molecule has 0 aliphatic carbocycles. The summed E-state index contributed by atoms with van der Waals surface area (Å²) in [4.78, 5) is 2.30. The number of hydrogen-bond donors (Lipinski definition) is 1.